The van der Waals surface area contributed by atoms with Gasteiger partial charge in [0, 0.05) is 32.2 Å². The van der Waals surface area contributed by atoms with Crippen LogP contribution in [0.25, 0.3) is 0 Å². The van der Waals surface area contributed by atoms with Crippen molar-refractivity contribution in [3.63, 3.8) is 0 Å². The third-order valence-electron chi connectivity index (χ3n) is 4.53. The number of hydrogen-bond acceptors (Lipinski definition) is 5. The first-order valence-electron chi connectivity index (χ1n) is 9.04. The maximum atomic E-state index is 12.9. The lowest BCUT2D eigenvalue weighted by atomic mass is 10.0. The van der Waals surface area contributed by atoms with Crippen LogP contribution in [0.5, 0.6) is 0 Å². The summed E-state index contributed by atoms with van der Waals surface area (Å²) < 4.78 is 5.25. The zero-order chi connectivity index (χ0) is 18.5. The Kier molecular flexibility index (Phi) is 5.65. The molecule has 0 saturated carbocycles. The number of hydrogen-bond donors (Lipinski definition) is 1. The zero-order valence-electron chi connectivity index (χ0n) is 15.2. The molecule has 0 aromatic carbocycles. The van der Waals surface area contributed by atoms with Gasteiger partial charge in [0.15, 0.2) is 5.69 Å². The molecule has 7 heteroatoms. The van der Waals surface area contributed by atoms with E-state index in [0.717, 1.165) is 42.7 Å². The number of likely N-dealkylation sites (tertiary alicyclic amines) is 1. The van der Waals surface area contributed by atoms with Crippen LogP contribution in [0.1, 0.15) is 66.7 Å². The Morgan fingerprint density at radius 3 is 3.00 bits per heavy atom. The molecule has 2 aromatic rings. The summed E-state index contributed by atoms with van der Waals surface area (Å²) in [7, 11) is 0. The number of nitrogens with zero attached hydrogens (tertiary/aromatic N) is 3. The fourth-order valence-electron chi connectivity index (χ4n) is 3.30. The Morgan fingerprint density at radius 2 is 2.23 bits per heavy atom. The fraction of sp³-hybridized carbons (Fsp3) is 0.474. The molecular formula is C19H24N4O3. The van der Waals surface area contributed by atoms with Gasteiger partial charge in [-0.3, -0.25) is 14.6 Å². The molecule has 1 atom stereocenters. The van der Waals surface area contributed by atoms with Crippen molar-refractivity contribution < 1.29 is 14.1 Å². The lowest BCUT2D eigenvalue weighted by Gasteiger charge is -2.24. The van der Waals surface area contributed by atoms with E-state index in [0.29, 0.717) is 18.8 Å². The second kappa shape index (κ2) is 8.12. The molecule has 2 aromatic heterocycles. The third-order valence-corrected chi connectivity index (χ3v) is 4.53. The molecule has 1 unspecified atom stereocenters. The van der Waals surface area contributed by atoms with Crippen LogP contribution < -0.4 is 5.32 Å². The Bertz CT molecular complexity index is 787. The van der Waals surface area contributed by atoms with Gasteiger partial charge in [-0.25, -0.2) is 0 Å². The predicted octanol–water partition coefficient (Wildman–Crippen LogP) is 2.64. The molecule has 0 spiro atoms. The molecule has 1 aliphatic rings. The van der Waals surface area contributed by atoms with Crippen molar-refractivity contribution in [1.82, 2.24) is 20.4 Å². The number of carbonyl (C=O) groups excluding carboxylic acids is 2. The molecule has 0 radical (unpaired) electrons. The minimum Gasteiger partial charge on any atom is -0.361 e. The SMILES string of the molecule is CCCc1cc(C(=O)N2CCCC2c2ccnc(CNC(C)=O)c2)no1. The van der Waals surface area contributed by atoms with E-state index < -0.39 is 0 Å². The van der Waals surface area contributed by atoms with Crippen LogP contribution >= 0.6 is 0 Å². The Morgan fingerprint density at radius 1 is 1.38 bits per heavy atom. The molecule has 138 valence electrons. The van der Waals surface area contributed by atoms with Gasteiger partial charge >= 0.3 is 0 Å². The average molecular weight is 356 g/mol. The van der Waals surface area contributed by atoms with Crippen LogP contribution in [0.4, 0.5) is 0 Å². The monoisotopic (exact) mass is 356 g/mol. The molecule has 1 fully saturated rings. The lowest BCUT2D eigenvalue weighted by molar-refractivity contribution is -0.119. The number of aryl methyl sites for hydroxylation is 1. The molecular weight excluding hydrogens is 332 g/mol. The maximum Gasteiger partial charge on any atom is 0.276 e. The molecule has 3 rings (SSSR count). The summed E-state index contributed by atoms with van der Waals surface area (Å²) in [5.41, 5.74) is 2.18. The van der Waals surface area contributed by atoms with Crippen molar-refractivity contribution in [3.8, 4) is 0 Å². The Labute approximate surface area is 152 Å². The van der Waals surface area contributed by atoms with Crippen molar-refractivity contribution >= 4 is 11.8 Å². The van der Waals surface area contributed by atoms with Gasteiger partial charge in [-0.1, -0.05) is 12.1 Å². The number of rotatable bonds is 6. The topological polar surface area (TPSA) is 88.3 Å². The second-order valence-corrected chi connectivity index (χ2v) is 6.58. The quantitative estimate of drug-likeness (QED) is 0.859. The first-order chi connectivity index (χ1) is 12.6. The van der Waals surface area contributed by atoms with Gasteiger partial charge < -0.3 is 14.7 Å². The number of carbonyl (C=O) groups is 2. The minimum atomic E-state index is -0.0983. The van der Waals surface area contributed by atoms with Gasteiger partial charge in [0.05, 0.1) is 18.3 Å². The maximum absolute atomic E-state index is 12.9. The summed E-state index contributed by atoms with van der Waals surface area (Å²) in [6.07, 6.45) is 5.29. The zero-order valence-corrected chi connectivity index (χ0v) is 15.2. The highest BCUT2D eigenvalue weighted by Crippen LogP contribution is 2.33. The van der Waals surface area contributed by atoms with E-state index in [1.165, 1.54) is 6.92 Å². The molecule has 1 saturated heterocycles. The first kappa shape index (κ1) is 18.1. The van der Waals surface area contributed by atoms with Gasteiger partial charge in [0.2, 0.25) is 5.91 Å². The van der Waals surface area contributed by atoms with Crippen LogP contribution in [0.2, 0.25) is 0 Å². The van der Waals surface area contributed by atoms with Crippen LogP contribution in [0, 0.1) is 0 Å². The van der Waals surface area contributed by atoms with Crippen molar-refractivity contribution in [1.29, 1.82) is 0 Å². The van der Waals surface area contributed by atoms with E-state index in [2.05, 4.69) is 22.4 Å². The number of pyridine rings is 1. The summed E-state index contributed by atoms with van der Waals surface area (Å²) in [4.78, 5) is 30.1. The van der Waals surface area contributed by atoms with Crippen molar-refractivity contribution in [2.75, 3.05) is 6.54 Å². The smallest absolute Gasteiger partial charge is 0.276 e. The Balaban J connectivity index is 1.76. The van der Waals surface area contributed by atoms with Gasteiger partial charge in [-0.05, 0) is 37.0 Å². The van der Waals surface area contributed by atoms with E-state index in [1.54, 1.807) is 12.3 Å². The van der Waals surface area contributed by atoms with Crippen LogP contribution in [-0.4, -0.2) is 33.4 Å². The number of amides is 2. The molecule has 1 aliphatic heterocycles. The second-order valence-electron chi connectivity index (χ2n) is 6.58. The average Bonchev–Trinajstić information content (AvgIpc) is 3.29. The summed E-state index contributed by atoms with van der Waals surface area (Å²) in [5, 5.41) is 6.70. The van der Waals surface area contributed by atoms with E-state index in [9.17, 15) is 9.59 Å². The summed E-state index contributed by atoms with van der Waals surface area (Å²) in [6.45, 7) is 4.62. The molecule has 3 heterocycles. The molecule has 0 aliphatic carbocycles. The standard InChI is InChI=1S/C19H24N4O3/c1-3-5-16-11-17(22-26-16)19(25)23-9-4-6-18(23)14-7-8-20-15(10-14)12-21-13(2)24/h7-8,10-11,18H,3-6,9,12H2,1-2H3,(H,21,24). The van der Waals surface area contributed by atoms with E-state index >= 15 is 0 Å². The molecule has 2 amide bonds. The summed E-state index contributed by atoms with van der Waals surface area (Å²) in [6, 6.07) is 5.62. The van der Waals surface area contributed by atoms with Crippen LogP contribution in [0.3, 0.4) is 0 Å². The highest BCUT2D eigenvalue weighted by Gasteiger charge is 2.32. The minimum absolute atomic E-state index is 0.00657. The fourth-order valence-corrected chi connectivity index (χ4v) is 3.30. The normalized spacial score (nSPS) is 16.7. The van der Waals surface area contributed by atoms with E-state index in [4.69, 9.17) is 4.52 Å². The molecule has 7 nitrogen and oxygen atoms in total. The Hall–Kier alpha value is -2.70. The van der Waals surface area contributed by atoms with Crippen LogP contribution in [0.15, 0.2) is 28.9 Å². The van der Waals surface area contributed by atoms with E-state index in [-0.39, 0.29) is 17.9 Å². The molecule has 0 bridgehead atoms. The van der Waals surface area contributed by atoms with Gasteiger partial charge in [0.1, 0.15) is 5.76 Å². The van der Waals surface area contributed by atoms with Crippen molar-refractivity contribution in [2.24, 2.45) is 0 Å². The van der Waals surface area contributed by atoms with Gasteiger partial charge in [-0.15, -0.1) is 0 Å². The summed E-state index contributed by atoms with van der Waals surface area (Å²) >= 11 is 0. The number of aromatic nitrogens is 2. The van der Waals surface area contributed by atoms with Crippen LogP contribution in [-0.2, 0) is 17.8 Å². The molecule has 1 N–H and O–H groups in total. The van der Waals surface area contributed by atoms with Crippen molar-refractivity contribution in [2.45, 2.75) is 52.1 Å². The highest BCUT2D eigenvalue weighted by molar-refractivity contribution is 5.92. The lowest BCUT2D eigenvalue weighted by Crippen LogP contribution is -2.31. The summed E-state index contributed by atoms with van der Waals surface area (Å²) in [5.74, 6) is 0.552. The van der Waals surface area contributed by atoms with Crippen molar-refractivity contribution in [3.05, 3.63) is 47.1 Å². The molecule has 26 heavy (non-hydrogen) atoms. The van der Waals surface area contributed by atoms with Gasteiger partial charge in [-0.2, -0.15) is 0 Å². The van der Waals surface area contributed by atoms with E-state index in [1.807, 2.05) is 17.0 Å². The largest absolute Gasteiger partial charge is 0.361 e. The highest BCUT2D eigenvalue weighted by atomic mass is 16.5. The first-order valence-corrected chi connectivity index (χ1v) is 9.04. The number of nitrogens with one attached hydrogen (secondary N) is 1. The third kappa shape index (κ3) is 4.09. The predicted molar refractivity (Wildman–Crippen MR) is 95.3 cm³/mol. The van der Waals surface area contributed by atoms with Gasteiger partial charge in [0.25, 0.3) is 5.91 Å².